The predicted molar refractivity (Wildman–Crippen MR) is 135 cm³/mol. The van der Waals surface area contributed by atoms with Crippen molar-refractivity contribution in [3.05, 3.63) is 23.3 Å². The van der Waals surface area contributed by atoms with Gasteiger partial charge in [-0.05, 0) is 93.6 Å². The smallest absolute Gasteiger partial charge is 0.306 e. The maximum Gasteiger partial charge on any atom is 0.306 e. The molecule has 0 amide bonds. The Morgan fingerprint density at radius 1 is 0.971 bits per heavy atom. The van der Waals surface area contributed by atoms with Crippen LogP contribution in [-0.2, 0) is 23.9 Å². The normalized spacial score (nSPS) is 39.9. The highest BCUT2D eigenvalue weighted by Crippen LogP contribution is 2.68. The topological polar surface area (TPSA) is 69.7 Å². The molecule has 0 N–H and O–H groups in total. The summed E-state index contributed by atoms with van der Waals surface area (Å²) in [5.74, 6) is 0.727. The number of rotatable bonds is 7. The van der Waals surface area contributed by atoms with Crippen molar-refractivity contribution in [2.45, 2.75) is 117 Å². The molecule has 4 rings (SSSR count). The van der Waals surface area contributed by atoms with E-state index in [2.05, 4.69) is 39.8 Å². The highest BCUT2D eigenvalue weighted by atomic mass is 16.6. The van der Waals surface area contributed by atoms with Crippen LogP contribution in [0.2, 0.25) is 0 Å². The fourth-order valence-corrected chi connectivity index (χ4v) is 8.44. The molecule has 0 aromatic carbocycles. The molecule has 194 valence electrons. The molecule has 2 fully saturated rings. The van der Waals surface area contributed by atoms with Crippen LogP contribution in [0.4, 0.5) is 0 Å². The first-order valence-corrected chi connectivity index (χ1v) is 13.8. The van der Waals surface area contributed by atoms with Gasteiger partial charge in [0.2, 0.25) is 0 Å². The third kappa shape index (κ3) is 4.21. The van der Waals surface area contributed by atoms with Crippen molar-refractivity contribution < 1.29 is 23.9 Å². The second-order valence-electron chi connectivity index (χ2n) is 12.1. The Morgan fingerprint density at radius 2 is 1.69 bits per heavy atom. The van der Waals surface area contributed by atoms with Gasteiger partial charge in [0.05, 0.1) is 0 Å². The van der Waals surface area contributed by atoms with Crippen LogP contribution in [0.5, 0.6) is 0 Å². The van der Waals surface area contributed by atoms with E-state index >= 15 is 0 Å². The molecule has 0 radical (unpaired) electrons. The van der Waals surface area contributed by atoms with E-state index in [1.807, 2.05) is 0 Å². The van der Waals surface area contributed by atoms with Gasteiger partial charge in [-0.2, -0.15) is 0 Å². The Labute approximate surface area is 211 Å². The first-order chi connectivity index (χ1) is 16.5. The van der Waals surface area contributed by atoms with Crippen molar-refractivity contribution >= 4 is 17.7 Å². The molecule has 0 aromatic heterocycles. The number of hydrogen-bond acceptors (Lipinski definition) is 5. The molecule has 0 heterocycles. The number of fused-ring (bicyclic) bond motifs is 5. The number of carbonyl (C=O) groups is 3. The number of ketones is 1. The summed E-state index contributed by atoms with van der Waals surface area (Å²) >= 11 is 0. The molecule has 0 aromatic rings. The lowest BCUT2D eigenvalue weighted by Crippen LogP contribution is -2.58. The zero-order chi connectivity index (χ0) is 25.6. The van der Waals surface area contributed by atoms with Gasteiger partial charge in [-0.1, -0.05) is 45.3 Å². The van der Waals surface area contributed by atoms with Crippen LogP contribution in [-0.4, -0.2) is 29.4 Å². The molecule has 35 heavy (non-hydrogen) atoms. The lowest BCUT2D eigenvalue weighted by molar-refractivity contribution is -0.187. The SMILES string of the molecule is CCCCCC(=O)O[C@]1(C(C)=O)CC[C@H]2[C@@H]3C=C(C)C4=C[C@@H](OC(C)=O)CC[C@]4(C)[C@H]3CC[C@@]21C. The molecule has 0 aliphatic heterocycles. The molecule has 0 spiro atoms. The summed E-state index contributed by atoms with van der Waals surface area (Å²) in [5, 5.41) is 0. The highest BCUT2D eigenvalue weighted by molar-refractivity contribution is 5.89. The Hall–Kier alpha value is -1.91. The second kappa shape index (κ2) is 9.52. The summed E-state index contributed by atoms with van der Waals surface area (Å²) in [6.07, 6.45) is 13.0. The Bertz CT molecular complexity index is 946. The zero-order valence-electron chi connectivity index (χ0n) is 22.6. The number of allylic oxidation sites excluding steroid dienone is 3. The van der Waals surface area contributed by atoms with Crippen molar-refractivity contribution in [1.29, 1.82) is 0 Å². The van der Waals surface area contributed by atoms with E-state index in [-0.39, 0.29) is 34.7 Å². The number of esters is 2. The molecule has 4 aliphatic rings. The molecular formula is C30H44O5. The lowest BCUT2D eigenvalue weighted by atomic mass is 9.47. The molecular weight excluding hydrogens is 440 g/mol. The first-order valence-electron chi connectivity index (χ1n) is 13.8. The number of unbranched alkanes of at least 4 members (excludes halogenated alkanes) is 2. The molecule has 4 aliphatic carbocycles. The Kier molecular flexibility index (Phi) is 7.11. The summed E-state index contributed by atoms with van der Waals surface area (Å²) in [6, 6.07) is 0. The van der Waals surface area contributed by atoms with Crippen LogP contribution < -0.4 is 0 Å². The summed E-state index contributed by atoms with van der Waals surface area (Å²) in [7, 11) is 0. The van der Waals surface area contributed by atoms with Gasteiger partial charge in [0.15, 0.2) is 11.4 Å². The molecule has 2 saturated carbocycles. The maximum atomic E-state index is 13.2. The average molecular weight is 485 g/mol. The highest BCUT2D eigenvalue weighted by Gasteiger charge is 2.67. The third-order valence-corrected chi connectivity index (χ3v) is 10.2. The Morgan fingerprint density at radius 3 is 2.34 bits per heavy atom. The number of carbonyl (C=O) groups excluding carboxylic acids is 3. The summed E-state index contributed by atoms with van der Waals surface area (Å²) in [4.78, 5) is 37.6. The van der Waals surface area contributed by atoms with Crippen molar-refractivity contribution in [2.75, 3.05) is 0 Å². The van der Waals surface area contributed by atoms with Crippen LogP contribution >= 0.6 is 0 Å². The van der Waals surface area contributed by atoms with Gasteiger partial charge >= 0.3 is 11.9 Å². The minimum atomic E-state index is -1.00. The van der Waals surface area contributed by atoms with Gasteiger partial charge in [-0.25, -0.2) is 0 Å². The van der Waals surface area contributed by atoms with Crippen LogP contribution in [0.1, 0.15) is 106 Å². The largest absolute Gasteiger partial charge is 0.458 e. The van der Waals surface area contributed by atoms with E-state index < -0.39 is 5.60 Å². The van der Waals surface area contributed by atoms with E-state index in [9.17, 15) is 14.4 Å². The van der Waals surface area contributed by atoms with Gasteiger partial charge in [-0.15, -0.1) is 0 Å². The lowest BCUT2D eigenvalue weighted by Gasteiger charge is -2.58. The van der Waals surface area contributed by atoms with Crippen molar-refractivity contribution in [3.8, 4) is 0 Å². The van der Waals surface area contributed by atoms with Gasteiger partial charge in [0.25, 0.3) is 0 Å². The van der Waals surface area contributed by atoms with E-state index in [0.29, 0.717) is 30.6 Å². The van der Waals surface area contributed by atoms with Crippen LogP contribution in [0.3, 0.4) is 0 Å². The summed E-state index contributed by atoms with van der Waals surface area (Å²) in [5.41, 5.74) is 1.30. The summed E-state index contributed by atoms with van der Waals surface area (Å²) in [6.45, 7) is 12.0. The summed E-state index contributed by atoms with van der Waals surface area (Å²) < 4.78 is 11.8. The van der Waals surface area contributed by atoms with E-state index in [0.717, 1.165) is 51.4 Å². The third-order valence-electron chi connectivity index (χ3n) is 10.2. The number of hydrogen-bond donors (Lipinski definition) is 0. The van der Waals surface area contributed by atoms with Gasteiger partial charge < -0.3 is 9.47 Å². The minimum absolute atomic E-state index is 0.00925. The van der Waals surface area contributed by atoms with Crippen molar-refractivity contribution in [1.82, 2.24) is 0 Å². The molecule has 0 bridgehead atoms. The fraction of sp³-hybridized carbons (Fsp3) is 0.767. The molecule has 0 saturated heterocycles. The first kappa shape index (κ1) is 26.2. The van der Waals surface area contributed by atoms with Crippen LogP contribution in [0, 0.1) is 28.6 Å². The standard InChI is InChI=1S/C30H44O5/c1-7-8-9-10-27(33)35-30(20(3)31)16-13-25-23-17-19(2)26-18-22(34-21(4)32)11-14-28(26,5)24(23)12-15-29(25,30)6/h17-18,22-25H,7-16H2,1-6H3/t22-,23+,24-,25-,28+,29-,30-/m0/s1. The monoisotopic (exact) mass is 484 g/mol. The quantitative estimate of drug-likeness (QED) is 0.305. The molecule has 7 atom stereocenters. The fourth-order valence-electron chi connectivity index (χ4n) is 8.44. The van der Waals surface area contributed by atoms with E-state index in [1.54, 1.807) is 6.92 Å². The van der Waals surface area contributed by atoms with E-state index in [1.165, 1.54) is 18.1 Å². The van der Waals surface area contributed by atoms with E-state index in [4.69, 9.17) is 9.47 Å². The van der Waals surface area contributed by atoms with Gasteiger partial charge in [0.1, 0.15) is 6.10 Å². The predicted octanol–water partition coefficient (Wildman–Crippen LogP) is 6.50. The second-order valence-corrected chi connectivity index (χ2v) is 12.1. The van der Waals surface area contributed by atoms with Crippen molar-refractivity contribution in [3.63, 3.8) is 0 Å². The maximum absolute atomic E-state index is 13.2. The zero-order valence-corrected chi connectivity index (χ0v) is 22.6. The van der Waals surface area contributed by atoms with Gasteiger partial charge in [-0.3, -0.25) is 14.4 Å². The Balaban J connectivity index is 1.64. The van der Waals surface area contributed by atoms with Crippen molar-refractivity contribution in [2.24, 2.45) is 28.6 Å². The van der Waals surface area contributed by atoms with Crippen LogP contribution in [0.15, 0.2) is 23.3 Å². The average Bonchev–Trinajstić information content (AvgIpc) is 3.08. The number of ether oxygens (including phenoxy) is 2. The molecule has 0 unspecified atom stereocenters. The van der Waals surface area contributed by atoms with Crippen LogP contribution in [0.25, 0.3) is 0 Å². The molecule has 5 nitrogen and oxygen atoms in total. The minimum Gasteiger partial charge on any atom is -0.458 e. The number of Topliss-reactive ketones (excluding diaryl/α,β-unsaturated/α-hetero) is 1. The van der Waals surface area contributed by atoms with Gasteiger partial charge in [0, 0.05) is 18.8 Å². The molecule has 5 heteroatoms.